The van der Waals surface area contributed by atoms with Crippen LogP contribution in [0, 0.1) is 5.92 Å². The van der Waals surface area contributed by atoms with Crippen LogP contribution in [0.3, 0.4) is 0 Å². The van der Waals surface area contributed by atoms with Gasteiger partial charge in [0, 0.05) is 12.6 Å². The van der Waals surface area contributed by atoms with Crippen molar-refractivity contribution in [1.82, 2.24) is 10.0 Å². The van der Waals surface area contributed by atoms with Gasteiger partial charge in [-0.25, -0.2) is 17.9 Å². The second kappa shape index (κ2) is 8.83. The molecular weight excluding hydrogens is 380 g/mol. The number of carbonyl (C=O) groups is 2. The van der Waals surface area contributed by atoms with E-state index in [0.717, 1.165) is 25.3 Å². The maximum atomic E-state index is 12.3. The number of hydrogen-bond donors (Lipinski definition) is 2. The number of halogens is 1. The molecule has 0 unspecified atom stereocenters. The van der Waals surface area contributed by atoms with Gasteiger partial charge < -0.3 is 10.1 Å². The standard InChI is InChI=1S/C17H23ClN2O5S/c1-11(2)7-8-19-16(21)10-25-17(22)12-3-6-14(18)15(9-12)26(23,24)20-13-4-5-13/h3,6,9,11,13,20H,4-5,7-8,10H2,1-2H3,(H,19,21). The molecule has 1 amide bonds. The van der Waals surface area contributed by atoms with Crippen molar-refractivity contribution >= 4 is 33.5 Å². The molecule has 7 nitrogen and oxygen atoms in total. The van der Waals surface area contributed by atoms with Crippen LogP contribution in [0.25, 0.3) is 0 Å². The summed E-state index contributed by atoms with van der Waals surface area (Å²) in [5, 5.41) is 2.67. The lowest BCUT2D eigenvalue weighted by molar-refractivity contribution is -0.124. The minimum atomic E-state index is -3.80. The van der Waals surface area contributed by atoms with Crippen molar-refractivity contribution < 1.29 is 22.7 Å². The first-order valence-electron chi connectivity index (χ1n) is 8.44. The highest BCUT2D eigenvalue weighted by atomic mass is 35.5. The van der Waals surface area contributed by atoms with E-state index in [-0.39, 0.29) is 21.5 Å². The number of hydrogen-bond acceptors (Lipinski definition) is 5. The van der Waals surface area contributed by atoms with E-state index < -0.39 is 28.5 Å². The van der Waals surface area contributed by atoms with Gasteiger partial charge in [-0.15, -0.1) is 0 Å². The lowest BCUT2D eigenvalue weighted by Crippen LogP contribution is -2.30. The molecule has 0 bridgehead atoms. The number of ether oxygens (including phenoxy) is 1. The zero-order valence-electron chi connectivity index (χ0n) is 14.7. The Morgan fingerprint density at radius 3 is 2.62 bits per heavy atom. The van der Waals surface area contributed by atoms with Crippen molar-refractivity contribution in [3.63, 3.8) is 0 Å². The van der Waals surface area contributed by atoms with Crippen LogP contribution in [-0.4, -0.2) is 39.5 Å². The molecule has 1 fully saturated rings. The lowest BCUT2D eigenvalue weighted by atomic mass is 10.1. The minimum Gasteiger partial charge on any atom is -0.452 e. The quantitative estimate of drug-likeness (QED) is 0.616. The molecular formula is C17H23ClN2O5S. The zero-order chi connectivity index (χ0) is 19.3. The number of benzene rings is 1. The number of esters is 1. The van der Waals surface area contributed by atoms with Gasteiger partial charge in [-0.3, -0.25) is 4.79 Å². The molecule has 2 N–H and O–H groups in total. The minimum absolute atomic E-state index is 0.0144. The fourth-order valence-corrected chi connectivity index (χ4v) is 3.92. The Hall–Kier alpha value is -1.64. The first-order chi connectivity index (χ1) is 12.2. The van der Waals surface area contributed by atoms with E-state index in [0.29, 0.717) is 12.5 Å². The molecule has 1 aromatic carbocycles. The van der Waals surface area contributed by atoms with E-state index in [2.05, 4.69) is 10.0 Å². The lowest BCUT2D eigenvalue weighted by Gasteiger charge is -2.10. The van der Waals surface area contributed by atoms with Gasteiger partial charge in [0.15, 0.2) is 6.61 Å². The largest absolute Gasteiger partial charge is 0.452 e. The van der Waals surface area contributed by atoms with Crippen molar-refractivity contribution in [2.24, 2.45) is 5.92 Å². The summed E-state index contributed by atoms with van der Waals surface area (Å²) in [6, 6.07) is 3.76. The summed E-state index contributed by atoms with van der Waals surface area (Å²) < 4.78 is 32.1. The van der Waals surface area contributed by atoms with Crippen LogP contribution >= 0.6 is 11.6 Å². The van der Waals surface area contributed by atoms with Gasteiger partial charge in [0.1, 0.15) is 4.90 Å². The Morgan fingerprint density at radius 1 is 1.31 bits per heavy atom. The SMILES string of the molecule is CC(C)CCNC(=O)COC(=O)c1ccc(Cl)c(S(=O)(=O)NC2CC2)c1. The highest BCUT2D eigenvalue weighted by Crippen LogP contribution is 2.27. The Morgan fingerprint density at radius 2 is 2.00 bits per heavy atom. The van der Waals surface area contributed by atoms with Crippen molar-refractivity contribution in [2.45, 2.75) is 44.0 Å². The fraction of sp³-hybridized carbons (Fsp3) is 0.529. The van der Waals surface area contributed by atoms with Crippen LogP contribution in [0.15, 0.2) is 23.1 Å². The molecule has 26 heavy (non-hydrogen) atoms. The van der Waals surface area contributed by atoms with Crippen LogP contribution in [0.1, 0.15) is 43.5 Å². The molecule has 1 aliphatic carbocycles. The normalized spacial score (nSPS) is 14.3. The predicted octanol–water partition coefficient (Wildman–Crippen LogP) is 2.10. The smallest absolute Gasteiger partial charge is 0.338 e. The third kappa shape index (κ3) is 6.26. The van der Waals surface area contributed by atoms with Crippen molar-refractivity contribution in [1.29, 1.82) is 0 Å². The van der Waals surface area contributed by atoms with Gasteiger partial charge in [-0.1, -0.05) is 25.4 Å². The number of amides is 1. The van der Waals surface area contributed by atoms with Crippen LogP contribution in [-0.2, 0) is 19.6 Å². The first kappa shape index (κ1) is 20.7. The average Bonchev–Trinajstić information content (AvgIpc) is 3.35. The van der Waals surface area contributed by atoms with Gasteiger partial charge in [0.2, 0.25) is 10.0 Å². The van der Waals surface area contributed by atoms with Crippen LogP contribution < -0.4 is 10.0 Å². The van der Waals surface area contributed by atoms with Crippen molar-refractivity contribution in [3.8, 4) is 0 Å². The molecule has 1 aromatic rings. The molecule has 0 heterocycles. The third-order valence-electron chi connectivity index (χ3n) is 3.73. The highest BCUT2D eigenvalue weighted by molar-refractivity contribution is 7.89. The Labute approximate surface area is 158 Å². The number of nitrogens with one attached hydrogen (secondary N) is 2. The molecule has 0 aliphatic heterocycles. The summed E-state index contributed by atoms with van der Waals surface area (Å²) in [7, 11) is -3.80. The van der Waals surface area contributed by atoms with E-state index >= 15 is 0 Å². The molecule has 9 heteroatoms. The van der Waals surface area contributed by atoms with E-state index in [1.165, 1.54) is 12.1 Å². The Bertz CT molecular complexity index is 775. The maximum absolute atomic E-state index is 12.3. The van der Waals surface area contributed by atoms with Gasteiger partial charge in [0.25, 0.3) is 5.91 Å². The molecule has 0 saturated heterocycles. The second-order valence-electron chi connectivity index (χ2n) is 6.65. The number of carbonyl (C=O) groups excluding carboxylic acids is 2. The Kier molecular flexibility index (Phi) is 7.02. The number of rotatable bonds is 9. The third-order valence-corrected chi connectivity index (χ3v) is 5.74. The van der Waals surface area contributed by atoms with E-state index in [1.54, 1.807) is 0 Å². The first-order valence-corrected chi connectivity index (χ1v) is 10.3. The molecule has 2 rings (SSSR count). The zero-order valence-corrected chi connectivity index (χ0v) is 16.3. The summed E-state index contributed by atoms with van der Waals surface area (Å²) in [5.74, 6) is -0.740. The van der Waals surface area contributed by atoms with Crippen LogP contribution in [0.4, 0.5) is 0 Å². The van der Waals surface area contributed by atoms with E-state index in [9.17, 15) is 18.0 Å². The van der Waals surface area contributed by atoms with Gasteiger partial charge in [0.05, 0.1) is 10.6 Å². The Balaban J connectivity index is 1.96. The molecule has 0 spiro atoms. The van der Waals surface area contributed by atoms with Gasteiger partial charge in [-0.2, -0.15) is 0 Å². The maximum Gasteiger partial charge on any atom is 0.338 e. The fourth-order valence-electron chi connectivity index (χ4n) is 2.09. The monoisotopic (exact) mass is 402 g/mol. The highest BCUT2D eigenvalue weighted by Gasteiger charge is 2.29. The topological polar surface area (TPSA) is 102 Å². The molecule has 1 aliphatic rings. The summed E-state index contributed by atoms with van der Waals surface area (Å²) in [6.07, 6.45) is 2.39. The van der Waals surface area contributed by atoms with E-state index in [4.69, 9.17) is 16.3 Å². The van der Waals surface area contributed by atoms with Crippen molar-refractivity contribution in [2.75, 3.05) is 13.2 Å². The van der Waals surface area contributed by atoms with Crippen LogP contribution in [0.2, 0.25) is 5.02 Å². The molecule has 1 saturated carbocycles. The molecule has 0 radical (unpaired) electrons. The van der Waals surface area contributed by atoms with E-state index in [1.807, 2.05) is 13.8 Å². The second-order valence-corrected chi connectivity index (χ2v) is 8.74. The number of sulfonamides is 1. The summed E-state index contributed by atoms with van der Waals surface area (Å²) in [5.41, 5.74) is 0.0144. The van der Waals surface area contributed by atoms with Crippen LogP contribution in [0.5, 0.6) is 0 Å². The summed E-state index contributed by atoms with van der Waals surface area (Å²) >= 11 is 5.96. The molecule has 0 atom stereocenters. The summed E-state index contributed by atoms with van der Waals surface area (Å²) in [6.45, 7) is 4.15. The summed E-state index contributed by atoms with van der Waals surface area (Å²) in [4.78, 5) is 23.6. The average molecular weight is 403 g/mol. The predicted molar refractivity (Wildman–Crippen MR) is 97.5 cm³/mol. The molecule has 0 aromatic heterocycles. The van der Waals surface area contributed by atoms with Crippen molar-refractivity contribution in [3.05, 3.63) is 28.8 Å². The van der Waals surface area contributed by atoms with Gasteiger partial charge >= 0.3 is 5.97 Å². The molecule has 144 valence electrons. The van der Waals surface area contributed by atoms with Gasteiger partial charge in [-0.05, 0) is 43.4 Å².